The fourth-order valence-corrected chi connectivity index (χ4v) is 4.37. The van der Waals surface area contributed by atoms with Crippen LogP contribution in [0, 0.1) is 6.92 Å². The Morgan fingerprint density at radius 3 is 2.43 bits per heavy atom. The normalized spacial score (nSPS) is 21.5. The van der Waals surface area contributed by atoms with Crippen molar-refractivity contribution in [2.45, 2.75) is 58.0 Å². The maximum Gasteiger partial charge on any atom is 0.296 e. The summed E-state index contributed by atoms with van der Waals surface area (Å²) in [5, 5.41) is 11.1. The van der Waals surface area contributed by atoms with E-state index in [1.807, 2.05) is 19.9 Å². The lowest BCUT2D eigenvalue weighted by molar-refractivity contribution is -0.141. The number of hydrogen-bond acceptors (Lipinski definition) is 5. The minimum atomic E-state index is -0.710. The molecule has 0 radical (unpaired) electrons. The predicted molar refractivity (Wildman–Crippen MR) is 112 cm³/mol. The molecular weight excluding hydrogens is 382 g/mol. The molecule has 0 bridgehead atoms. The predicted octanol–water partition coefficient (Wildman–Crippen LogP) is 4.74. The van der Waals surface area contributed by atoms with E-state index in [4.69, 9.17) is 9.15 Å². The summed E-state index contributed by atoms with van der Waals surface area (Å²) in [5.41, 5.74) is 0.556. The van der Waals surface area contributed by atoms with E-state index < -0.39 is 17.7 Å². The molecular formula is C24H27NO5. The molecule has 1 saturated carbocycles. The summed E-state index contributed by atoms with van der Waals surface area (Å²) in [6.45, 7) is 4.45. The molecule has 158 valence electrons. The highest BCUT2D eigenvalue weighted by Gasteiger charge is 2.50. The van der Waals surface area contributed by atoms with E-state index in [-0.39, 0.29) is 17.4 Å². The number of Topliss-reactive ketones (excluding diaryl/α,β-unsaturated/α-hetero) is 1. The lowest BCUT2D eigenvalue weighted by Gasteiger charge is -2.29. The van der Waals surface area contributed by atoms with Gasteiger partial charge in [-0.2, -0.15) is 0 Å². The van der Waals surface area contributed by atoms with Gasteiger partial charge in [0, 0.05) is 11.6 Å². The van der Waals surface area contributed by atoms with Crippen molar-refractivity contribution in [3.63, 3.8) is 0 Å². The largest absolute Gasteiger partial charge is 0.507 e. The summed E-state index contributed by atoms with van der Waals surface area (Å²) >= 11 is 0. The van der Waals surface area contributed by atoms with Gasteiger partial charge in [0.1, 0.15) is 29.1 Å². The maximum absolute atomic E-state index is 13.0. The van der Waals surface area contributed by atoms with Crippen LogP contribution in [0.4, 0.5) is 0 Å². The number of hydrogen-bond donors (Lipinski definition) is 1. The second-order valence-corrected chi connectivity index (χ2v) is 7.97. The van der Waals surface area contributed by atoms with Crippen molar-refractivity contribution in [1.82, 2.24) is 4.90 Å². The Morgan fingerprint density at radius 1 is 1.13 bits per heavy atom. The average Bonchev–Trinajstić information content (AvgIpc) is 3.47. The van der Waals surface area contributed by atoms with Gasteiger partial charge in [-0.1, -0.05) is 19.8 Å². The van der Waals surface area contributed by atoms with Crippen LogP contribution in [0.15, 0.2) is 46.4 Å². The van der Waals surface area contributed by atoms with Gasteiger partial charge in [-0.3, -0.25) is 9.59 Å². The molecule has 6 nitrogen and oxygen atoms in total. The molecule has 1 unspecified atom stereocenters. The standard InChI is InChI=1S/C24H27NO5/c1-3-14-29-18-11-9-16(10-12-18)22(26)20-21(19-13-8-15(2)30-19)25(24(28)23(20)27)17-6-4-5-7-17/h8-13,17,21,26H,3-7,14H2,1-2H3/b22-20-. The number of likely N-dealkylation sites (tertiary alicyclic amines) is 1. The van der Waals surface area contributed by atoms with Crippen molar-refractivity contribution in [2.24, 2.45) is 0 Å². The zero-order valence-electron chi connectivity index (χ0n) is 17.4. The quantitative estimate of drug-likeness (QED) is 0.423. The first kappa shape index (κ1) is 20.3. The van der Waals surface area contributed by atoms with Crippen molar-refractivity contribution in [3.8, 4) is 5.75 Å². The van der Waals surface area contributed by atoms with Crippen LogP contribution in [-0.2, 0) is 9.59 Å². The van der Waals surface area contributed by atoms with Crippen LogP contribution in [-0.4, -0.2) is 34.3 Å². The van der Waals surface area contributed by atoms with Crippen molar-refractivity contribution < 1.29 is 23.8 Å². The summed E-state index contributed by atoms with van der Waals surface area (Å²) in [6.07, 6.45) is 4.65. The smallest absolute Gasteiger partial charge is 0.296 e. The summed E-state index contributed by atoms with van der Waals surface area (Å²) < 4.78 is 11.4. The zero-order valence-corrected chi connectivity index (χ0v) is 17.4. The number of rotatable bonds is 6. The van der Waals surface area contributed by atoms with Gasteiger partial charge >= 0.3 is 0 Å². The number of nitrogens with zero attached hydrogens (tertiary/aromatic N) is 1. The van der Waals surface area contributed by atoms with Gasteiger partial charge in [0.05, 0.1) is 12.2 Å². The minimum absolute atomic E-state index is 0.0213. The molecule has 4 rings (SSSR count). The number of aryl methyl sites for hydroxylation is 1. The lowest BCUT2D eigenvalue weighted by atomic mass is 9.98. The van der Waals surface area contributed by atoms with E-state index in [0.717, 1.165) is 32.1 Å². The van der Waals surface area contributed by atoms with Gasteiger partial charge in [0.25, 0.3) is 11.7 Å². The first-order chi connectivity index (χ1) is 14.5. The van der Waals surface area contributed by atoms with Crippen LogP contribution < -0.4 is 4.74 Å². The fourth-order valence-electron chi connectivity index (χ4n) is 4.37. The average molecular weight is 409 g/mol. The van der Waals surface area contributed by atoms with Crippen molar-refractivity contribution in [3.05, 3.63) is 59.1 Å². The lowest BCUT2D eigenvalue weighted by Crippen LogP contribution is -2.37. The molecule has 1 N–H and O–H groups in total. The minimum Gasteiger partial charge on any atom is -0.507 e. The number of benzene rings is 1. The number of carbonyl (C=O) groups is 2. The molecule has 1 aromatic heterocycles. The second-order valence-electron chi connectivity index (χ2n) is 7.97. The molecule has 1 aromatic carbocycles. The van der Waals surface area contributed by atoms with Crippen LogP contribution in [0.3, 0.4) is 0 Å². The van der Waals surface area contributed by atoms with Crippen LogP contribution in [0.2, 0.25) is 0 Å². The summed E-state index contributed by atoms with van der Waals surface area (Å²) in [5.74, 6) is 0.477. The number of carbonyl (C=O) groups excluding carboxylic acids is 2. The van der Waals surface area contributed by atoms with Crippen molar-refractivity contribution in [2.75, 3.05) is 6.61 Å². The topological polar surface area (TPSA) is 80.0 Å². The highest BCUT2D eigenvalue weighted by atomic mass is 16.5. The zero-order chi connectivity index (χ0) is 21.3. The molecule has 2 aromatic rings. The van der Waals surface area contributed by atoms with Crippen LogP contribution in [0.1, 0.15) is 62.2 Å². The van der Waals surface area contributed by atoms with Gasteiger partial charge in [-0.05, 0) is 62.6 Å². The molecule has 1 saturated heterocycles. The molecule has 2 heterocycles. The number of aliphatic hydroxyl groups is 1. The molecule has 1 atom stereocenters. The van der Waals surface area contributed by atoms with E-state index in [9.17, 15) is 14.7 Å². The second kappa shape index (κ2) is 8.38. The van der Waals surface area contributed by atoms with Gasteiger partial charge in [0.15, 0.2) is 0 Å². The Kier molecular flexibility index (Phi) is 5.66. The van der Waals surface area contributed by atoms with Gasteiger partial charge in [0.2, 0.25) is 0 Å². The summed E-state index contributed by atoms with van der Waals surface area (Å²) in [4.78, 5) is 27.6. The fraction of sp³-hybridized carbons (Fsp3) is 0.417. The van der Waals surface area contributed by atoms with Gasteiger partial charge < -0.3 is 19.2 Å². The first-order valence-electron chi connectivity index (χ1n) is 10.6. The molecule has 6 heteroatoms. The number of ketones is 1. The maximum atomic E-state index is 13.0. The molecule has 2 fully saturated rings. The van der Waals surface area contributed by atoms with Crippen LogP contribution >= 0.6 is 0 Å². The van der Waals surface area contributed by atoms with Crippen molar-refractivity contribution >= 4 is 17.4 Å². The Balaban J connectivity index is 1.76. The third-order valence-corrected chi connectivity index (χ3v) is 5.83. The van der Waals surface area contributed by atoms with Crippen LogP contribution in [0.25, 0.3) is 5.76 Å². The summed E-state index contributed by atoms with van der Waals surface area (Å²) in [7, 11) is 0. The highest BCUT2D eigenvalue weighted by Crippen LogP contribution is 2.43. The Morgan fingerprint density at radius 2 is 1.83 bits per heavy atom. The van der Waals surface area contributed by atoms with E-state index in [2.05, 4.69) is 0 Å². The Bertz CT molecular complexity index is 966. The summed E-state index contributed by atoms with van der Waals surface area (Å²) in [6, 6.07) is 9.77. The number of aliphatic hydroxyl groups excluding tert-OH is 1. The number of furan rings is 1. The molecule has 1 aliphatic heterocycles. The SMILES string of the molecule is CCCOc1ccc(/C(O)=C2/C(=O)C(=O)N(C3CCCC3)C2c2ccc(C)o2)cc1. The van der Waals surface area contributed by atoms with E-state index in [1.54, 1.807) is 35.2 Å². The van der Waals surface area contributed by atoms with E-state index in [0.29, 0.717) is 29.4 Å². The monoisotopic (exact) mass is 409 g/mol. The van der Waals surface area contributed by atoms with Gasteiger partial charge in [-0.15, -0.1) is 0 Å². The van der Waals surface area contributed by atoms with Crippen molar-refractivity contribution in [1.29, 1.82) is 0 Å². The van der Waals surface area contributed by atoms with Crippen LogP contribution in [0.5, 0.6) is 5.75 Å². The molecule has 2 aliphatic rings. The molecule has 1 amide bonds. The van der Waals surface area contributed by atoms with E-state index >= 15 is 0 Å². The van der Waals surface area contributed by atoms with Gasteiger partial charge in [-0.25, -0.2) is 0 Å². The Hall–Kier alpha value is -3.02. The first-order valence-corrected chi connectivity index (χ1v) is 10.6. The Labute approximate surface area is 176 Å². The molecule has 0 spiro atoms. The highest BCUT2D eigenvalue weighted by molar-refractivity contribution is 6.46. The number of ether oxygens (including phenoxy) is 1. The molecule has 1 aliphatic carbocycles. The third kappa shape index (κ3) is 3.62. The number of amides is 1. The third-order valence-electron chi connectivity index (χ3n) is 5.83. The van der Waals surface area contributed by atoms with E-state index in [1.165, 1.54) is 0 Å². The molecule has 30 heavy (non-hydrogen) atoms.